The van der Waals surface area contributed by atoms with E-state index in [9.17, 15) is 19.5 Å². The topological polar surface area (TPSA) is 106 Å². The minimum Gasteiger partial charge on any atom is -0.496 e. The Kier molecular flexibility index (Phi) is 6.22. The van der Waals surface area contributed by atoms with Gasteiger partial charge in [-0.2, -0.15) is 0 Å². The number of pyridine rings is 1. The Labute approximate surface area is 242 Å². The van der Waals surface area contributed by atoms with Crippen molar-refractivity contribution in [2.75, 3.05) is 20.2 Å². The van der Waals surface area contributed by atoms with Crippen LogP contribution in [0.2, 0.25) is 0 Å². The molecule has 1 aromatic heterocycles. The number of methoxy groups -OCH3 is 1. The van der Waals surface area contributed by atoms with E-state index in [1.807, 2.05) is 41.4 Å². The van der Waals surface area contributed by atoms with E-state index < -0.39 is 11.6 Å². The first-order valence-corrected chi connectivity index (χ1v) is 14.3. The first-order chi connectivity index (χ1) is 20.3. The fourth-order valence-corrected chi connectivity index (χ4v) is 6.33. The summed E-state index contributed by atoms with van der Waals surface area (Å²) in [6.07, 6.45) is 5.37. The summed E-state index contributed by atoms with van der Waals surface area (Å²) in [7, 11) is 1.62. The lowest BCUT2D eigenvalue weighted by atomic mass is 9.81. The molecule has 42 heavy (non-hydrogen) atoms. The number of aromatic carboxylic acids is 1. The number of amides is 1. The predicted molar refractivity (Wildman–Crippen MR) is 157 cm³/mol. The Balaban J connectivity index is 1.10. The van der Waals surface area contributed by atoms with Crippen LogP contribution in [0, 0.1) is 0 Å². The average molecular weight is 563 g/mol. The van der Waals surface area contributed by atoms with Gasteiger partial charge < -0.3 is 19.5 Å². The van der Waals surface area contributed by atoms with Crippen LogP contribution in [-0.4, -0.2) is 58.5 Å². The number of aromatic nitrogens is 1. The average Bonchev–Trinajstić information content (AvgIpc) is 3.86. The molecule has 0 radical (unpaired) electrons. The Bertz CT molecular complexity index is 1770. The predicted octanol–water partition coefficient (Wildman–Crippen LogP) is 6.13. The summed E-state index contributed by atoms with van der Waals surface area (Å²) in [5.74, 6) is 0.566. The number of nitrogens with zero attached hydrogens (tertiary/aromatic N) is 2. The number of hydrogen-bond acceptors (Lipinski definition) is 6. The van der Waals surface area contributed by atoms with Gasteiger partial charge in [-0.15, -0.1) is 0 Å². The molecule has 212 valence electrons. The van der Waals surface area contributed by atoms with Gasteiger partial charge in [0.15, 0.2) is 5.78 Å². The Morgan fingerprint density at radius 3 is 2.50 bits per heavy atom. The van der Waals surface area contributed by atoms with Crippen LogP contribution in [0.4, 0.5) is 0 Å². The molecule has 2 fully saturated rings. The number of ether oxygens (including phenoxy) is 2. The second kappa shape index (κ2) is 9.98. The summed E-state index contributed by atoms with van der Waals surface area (Å²) in [5, 5.41) is 11.3. The molecule has 8 nitrogen and oxygen atoms in total. The van der Waals surface area contributed by atoms with Crippen LogP contribution in [0.15, 0.2) is 66.9 Å². The summed E-state index contributed by atoms with van der Waals surface area (Å²) in [4.78, 5) is 44.9. The molecule has 3 aromatic carbocycles. The third kappa shape index (κ3) is 4.57. The Hall–Kier alpha value is -4.72. The molecular weight excluding hydrogens is 532 g/mol. The number of carbonyl (C=O) groups excluding carboxylic acids is 2. The number of rotatable bonds is 5. The zero-order chi connectivity index (χ0) is 29.0. The van der Waals surface area contributed by atoms with Crippen molar-refractivity contribution in [2.45, 2.75) is 43.6 Å². The van der Waals surface area contributed by atoms with Crippen LogP contribution in [0.1, 0.15) is 74.8 Å². The smallest absolute Gasteiger partial charge is 0.335 e. The van der Waals surface area contributed by atoms with E-state index >= 15 is 0 Å². The quantitative estimate of drug-likeness (QED) is 0.312. The number of carboxylic acids is 1. The number of likely N-dealkylation sites (tertiary alicyclic amines) is 1. The van der Waals surface area contributed by atoms with Crippen LogP contribution < -0.4 is 9.47 Å². The van der Waals surface area contributed by atoms with E-state index in [0.29, 0.717) is 54.5 Å². The molecule has 1 saturated carbocycles. The normalized spacial score (nSPS) is 17.5. The lowest BCUT2D eigenvalue weighted by Gasteiger charge is -2.44. The number of piperidine rings is 1. The largest absolute Gasteiger partial charge is 0.496 e. The van der Waals surface area contributed by atoms with Crippen LogP contribution in [0.3, 0.4) is 0 Å². The first kappa shape index (κ1) is 26.2. The van der Waals surface area contributed by atoms with Gasteiger partial charge >= 0.3 is 5.97 Å². The first-order valence-electron chi connectivity index (χ1n) is 14.3. The van der Waals surface area contributed by atoms with E-state index in [1.54, 1.807) is 37.4 Å². The van der Waals surface area contributed by atoms with E-state index in [4.69, 9.17) is 9.47 Å². The van der Waals surface area contributed by atoms with Gasteiger partial charge in [0.1, 0.15) is 17.1 Å². The van der Waals surface area contributed by atoms with Gasteiger partial charge in [0.25, 0.3) is 5.91 Å². The van der Waals surface area contributed by atoms with Crippen molar-refractivity contribution in [1.29, 1.82) is 0 Å². The summed E-state index contributed by atoms with van der Waals surface area (Å²) < 4.78 is 12.1. The highest BCUT2D eigenvalue weighted by Gasteiger charge is 2.44. The van der Waals surface area contributed by atoms with Crippen molar-refractivity contribution in [3.63, 3.8) is 0 Å². The summed E-state index contributed by atoms with van der Waals surface area (Å²) in [5.41, 5.74) is 3.13. The van der Waals surface area contributed by atoms with Crippen molar-refractivity contribution in [3.05, 3.63) is 89.2 Å². The SMILES string of the molecule is COc1cc(C(=O)N2CCC3(CC2)CC(=O)c2cc(-c4cccc(C(=O)O)c4)ccc2O3)cc2c(C3CC3)nccc12. The van der Waals surface area contributed by atoms with Gasteiger partial charge in [-0.1, -0.05) is 18.2 Å². The minimum absolute atomic E-state index is 0.00774. The molecule has 1 saturated heterocycles. The molecule has 3 aliphatic rings. The molecule has 1 amide bonds. The monoisotopic (exact) mass is 562 g/mol. The highest BCUT2D eigenvalue weighted by atomic mass is 16.5. The van der Waals surface area contributed by atoms with Gasteiger partial charge in [-0.05, 0) is 66.4 Å². The number of hydrogen-bond donors (Lipinski definition) is 1. The van der Waals surface area contributed by atoms with E-state index in [0.717, 1.165) is 40.4 Å². The van der Waals surface area contributed by atoms with Crippen molar-refractivity contribution < 1.29 is 29.0 Å². The van der Waals surface area contributed by atoms with Crippen molar-refractivity contribution in [3.8, 4) is 22.6 Å². The van der Waals surface area contributed by atoms with Gasteiger partial charge in [0.05, 0.1) is 30.4 Å². The lowest BCUT2D eigenvalue weighted by Crippen LogP contribution is -2.52. The van der Waals surface area contributed by atoms with Crippen LogP contribution >= 0.6 is 0 Å². The molecule has 0 atom stereocenters. The summed E-state index contributed by atoms with van der Waals surface area (Å²) in [6.45, 7) is 0.953. The van der Waals surface area contributed by atoms with E-state index in [2.05, 4.69) is 4.98 Å². The minimum atomic E-state index is -0.999. The molecule has 1 N–H and O–H groups in total. The second-order valence-corrected chi connectivity index (χ2v) is 11.5. The van der Waals surface area contributed by atoms with Crippen molar-refractivity contribution in [2.24, 2.45) is 0 Å². The highest BCUT2D eigenvalue weighted by molar-refractivity contribution is 6.03. The number of ketones is 1. The number of carboxylic acid groups (broad SMARTS) is 1. The Morgan fingerprint density at radius 2 is 1.76 bits per heavy atom. The number of carbonyl (C=O) groups is 3. The summed E-state index contributed by atoms with van der Waals surface area (Å²) in [6, 6.07) is 17.8. The van der Waals surface area contributed by atoms with Crippen molar-refractivity contribution in [1.82, 2.24) is 9.88 Å². The zero-order valence-electron chi connectivity index (χ0n) is 23.3. The maximum atomic E-state index is 13.7. The van der Waals surface area contributed by atoms with E-state index in [-0.39, 0.29) is 23.7 Å². The fourth-order valence-electron chi connectivity index (χ4n) is 6.33. The molecule has 0 unspecified atom stereocenters. The third-order valence-electron chi connectivity index (χ3n) is 8.80. The van der Waals surface area contributed by atoms with Gasteiger partial charge in [-0.25, -0.2) is 4.79 Å². The number of benzene rings is 3. The molecular formula is C34H30N2O6. The molecule has 1 aliphatic carbocycles. The number of Topliss-reactive ketones (excluding diaryl/α,β-unsaturated/α-hetero) is 1. The lowest BCUT2D eigenvalue weighted by molar-refractivity contribution is -0.00571. The van der Waals surface area contributed by atoms with Crippen LogP contribution in [-0.2, 0) is 0 Å². The zero-order valence-corrected chi connectivity index (χ0v) is 23.3. The van der Waals surface area contributed by atoms with Crippen LogP contribution in [0.5, 0.6) is 11.5 Å². The fraction of sp³-hybridized carbons (Fsp3) is 0.294. The molecule has 1 spiro atoms. The molecule has 4 aromatic rings. The Morgan fingerprint density at radius 1 is 0.976 bits per heavy atom. The van der Waals surface area contributed by atoms with Crippen molar-refractivity contribution >= 4 is 28.4 Å². The van der Waals surface area contributed by atoms with Gasteiger partial charge in [0, 0.05) is 54.4 Å². The standard InChI is InChI=1S/C34H30N2O6/c1-41-30-18-24(17-26-25(30)9-12-35-31(26)20-5-6-20)32(38)36-13-10-34(11-14-36)19-28(37)27-16-22(7-8-29(27)42-34)21-3-2-4-23(15-21)33(39)40/h2-4,7-9,12,15-18,20H,5-6,10-11,13-14,19H2,1H3,(H,39,40). The molecule has 3 heterocycles. The highest BCUT2D eigenvalue weighted by Crippen LogP contribution is 2.44. The van der Waals surface area contributed by atoms with Gasteiger partial charge in [-0.3, -0.25) is 14.6 Å². The second-order valence-electron chi connectivity index (χ2n) is 11.5. The molecule has 2 aliphatic heterocycles. The molecule has 0 bridgehead atoms. The number of fused-ring (bicyclic) bond motifs is 2. The van der Waals surface area contributed by atoms with Crippen LogP contribution in [0.25, 0.3) is 21.9 Å². The maximum Gasteiger partial charge on any atom is 0.335 e. The molecule has 8 heteroatoms. The third-order valence-corrected chi connectivity index (χ3v) is 8.80. The maximum absolute atomic E-state index is 13.7. The van der Waals surface area contributed by atoms with E-state index in [1.165, 1.54) is 0 Å². The van der Waals surface area contributed by atoms with Gasteiger partial charge in [0.2, 0.25) is 0 Å². The molecule has 7 rings (SSSR count). The summed E-state index contributed by atoms with van der Waals surface area (Å²) >= 11 is 0.